The number of aromatic amines is 1. The van der Waals surface area contributed by atoms with E-state index in [4.69, 9.17) is 0 Å². The van der Waals surface area contributed by atoms with Gasteiger partial charge in [-0.15, -0.1) is 0 Å². The number of hydrogen-bond donors (Lipinski definition) is 3. The topological polar surface area (TPSA) is 91.1 Å². The molecule has 6 nitrogen and oxygen atoms in total. The molecule has 0 aliphatic carbocycles. The van der Waals surface area contributed by atoms with Crippen molar-refractivity contribution in [2.45, 2.75) is 23.8 Å². The van der Waals surface area contributed by atoms with Gasteiger partial charge in [0.25, 0.3) is 0 Å². The Hall–Kier alpha value is -2.94. The zero-order chi connectivity index (χ0) is 23.3. The first-order chi connectivity index (χ1) is 15.9. The molecule has 33 heavy (non-hydrogen) atoms. The number of carbonyl (C=O) groups excluding carboxylic acids is 1. The minimum absolute atomic E-state index is 0.103. The fourth-order valence-corrected chi connectivity index (χ4v) is 5.14. The van der Waals surface area contributed by atoms with Crippen LogP contribution in [0.2, 0.25) is 0 Å². The summed E-state index contributed by atoms with van der Waals surface area (Å²) < 4.78 is 29.4. The van der Waals surface area contributed by atoms with Crippen LogP contribution in [0.4, 0.5) is 0 Å². The van der Waals surface area contributed by atoms with Crippen molar-refractivity contribution in [2.75, 3.05) is 6.54 Å². The smallest absolute Gasteiger partial charge is 0.241 e. The minimum Gasteiger partial charge on any atom is -0.361 e. The van der Waals surface area contributed by atoms with Gasteiger partial charge in [-0.3, -0.25) is 4.79 Å². The highest BCUT2D eigenvalue weighted by Crippen LogP contribution is 2.20. The highest BCUT2D eigenvalue weighted by atomic mass is 79.9. The Kier molecular flexibility index (Phi) is 7.27. The zero-order valence-electron chi connectivity index (χ0n) is 17.8. The first kappa shape index (κ1) is 23.2. The fourth-order valence-electron chi connectivity index (χ4n) is 3.68. The summed E-state index contributed by atoms with van der Waals surface area (Å²) in [5.41, 5.74) is 2.90. The molecule has 1 unspecified atom stereocenters. The molecular weight excluding hydrogens is 502 g/mol. The van der Waals surface area contributed by atoms with Gasteiger partial charge in [0.2, 0.25) is 15.9 Å². The van der Waals surface area contributed by atoms with Crippen LogP contribution in [0.1, 0.15) is 11.1 Å². The molecule has 0 aliphatic heterocycles. The van der Waals surface area contributed by atoms with Gasteiger partial charge in [0.05, 0.1) is 4.90 Å². The number of para-hydroxylation sites is 1. The Labute approximate surface area is 201 Å². The summed E-state index contributed by atoms with van der Waals surface area (Å²) in [6.45, 7) is 0.410. The van der Waals surface area contributed by atoms with E-state index in [2.05, 4.69) is 31.0 Å². The van der Waals surface area contributed by atoms with Gasteiger partial charge in [0, 0.05) is 28.1 Å². The number of nitrogens with one attached hydrogen (secondary N) is 3. The number of carbonyl (C=O) groups is 1. The molecule has 0 saturated heterocycles. The lowest BCUT2D eigenvalue weighted by molar-refractivity contribution is -0.122. The molecule has 0 spiro atoms. The van der Waals surface area contributed by atoms with Crippen LogP contribution in [0.25, 0.3) is 10.9 Å². The van der Waals surface area contributed by atoms with E-state index < -0.39 is 16.1 Å². The second-order valence-electron chi connectivity index (χ2n) is 7.72. The first-order valence-corrected chi connectivity index (χ1v) is 12.8. The molecule has 170 valence electrons. The lowest BCUT2D eigenvalue weighted by Gasteiger charge is -2.19. The van der Waals surface area contributed by atoms with Gasteiger partial charge in [0.1, 0.15) is 6.04 Å². The van der Waals surface area contributed by atoms with Gasteiger partial charge in [0.15, 0.2) is 0 Å². The lowest BCUT2D eigenvalue weighted by atomic mass is 10.0. The molecule has 0 saturated carbocycles. The van der Waals surface area contributed by atoms with E-state index in [0.29, 0.717) is 13.0 Å². The highest BCUT2D eigenvalue weighted by Gasteiger charge is 2.27. The monoisotopic (exact) mass is 525 g/mol. The number of rotatable bonds is 9. The van der Waals surface area contributed by atoms with Crippen LogP contribution in [0.5, 0.6) is 0 Å². The molecule has 3 aromatic carbocycles. The summed E-state index contributed by atoms with van der Waals surface area (Å²) in [6.07, 6.45) is 2.70. The van der Waals surface area contributed by atoms with Crippen LogP contribution in [0.3, 0.4) is 0 Å². The number of hydrogen-bond acceptors (Lipinski definition) is 3. The SMILES string of the molecule is O=C(NCCc1ccccc1)C(Cc1c[nH]c2ccccc12)NS(=O)(=O)c1ccc(Br)cc1. The van der Waals surface area contributed by atoms with Crippen LogP contribution in [0, 0.1) is 0 Å². The normalized spacial score (nSPS) is 12.5. The molecule has 1 atom stereocenters. The summed E-state index contributed by atoms with van der Waals surface area (Å²) in [6, 6.07) is 22.9. The Balaban J connectivity index is 1.54. The van der Waals surface area contributed by atoms with Crippen molar-refractivity contribution in [3.63, 3.8) is 0 Å². The van der Waals surface area contributed by atoms with Crippen LogP contribution in [-0.4, -0.2) is 31.9 Å². The average Bonchev–Trinajstić information content (AvgIpc) is 3.22. The summed E-state index contributed by atoms with van der Waals surface area (Å²) in [7, 11) is -3.90. The molecule has 4 aromatic rings. The fraction of sp³-hybridized carbons (Fsp3) is 0.160. The number of aromatic nitrogens is 1. The molecule has 0 bridgehead atoms. The van der Waals surface area contributed by atoms with Crippen LogP contribution >= 0.6 is 15.9 Å². The zero-order valence-corrected chi connectivity index (χ0v) is 20.2. The lowest BCUT2D eigenvalue weighted by Crippen LogP contribution is -2.48. The Bertz CT molecular complexity index is 1340. The molecule has 4 rings (SSSR count). The van der Waals surface area contributed by atoms with E-state index in [9.17, 15) is 13.2 Å². The first-order valence-electron chi connectivity index (χ1n) is 10.6. The second-order valence-corrected chi connectivity index (χ2v) is 10.3. The van der Waals surface area contributed by atoms with E-state index in [1.165, 1.54) is 12.1 Å². The predicted octanol–water partition coefficient (Wildman–Crippen LogP) is 4.18. The largest absolute Gasteiger partial charge is 0.361 e. The summed E-state index contributed by atoms with van der Waals surface area (Å²) >= 11 is 3.31. The Morgan fingerprint density at radius 3 is 2.39 bits per heavy atom. The number of sulfonamides is 1. The third kappa shape index (κ3) is 5.90. The third-order valence-corrected chi connectivity index (χ3v) is 7.41. The standard InChI is InChI=1S/C25H24BrN3O3S/c26-20-10-12-21(13-11-20)33(31,32)29-24(16-19-17-28-23-9-5-4-8-22(19)23)25(30)27-15-14-18-6-2-1-3-7-18/h1-13,17,24,28-29H,14-16H2,(H,27,30). The molecule has 8 heteroatoms. The second kappa shape index (κ2) is 10.3. The average molecular weight is 526 g/mol. The predicted molar refractivity (Wildman–Crippen MR) is 133 cm³/mol. The van der Waals surface area contributed by atoms with E-state index >= 15 is 0 Å². The van der Waals surface area contributed by atoms with Crippen molar-refractivity contribution in [3.8, 4) is 0 Å². The molecule has 0 aliphatic rings. The maximum absolute atomic E-state index is 13.1. The molecule has 1 amide bonds. The highest BCUT2D eigenvalue weighted by molar-refractivity contribution is 9.10. The molecule has 0 fully saturated rings. The molecule has 1 aromatic heterocycles. The summed E-state index contributed by atoms with van der Waals surface area (Å²) in [5.74, 6) is -0.364. The van der Waals surface area contributed by atoms with Gasteiger partial charge in [-0.1, -0.05) is 64.5 Å². The van der Waals surface area contributed by atoms with Crippen LogP contribution in [0.15, 0.2) is 94.4 Å². The van der Waals surface area contributed by atoms with Gasteiger partial charge in [-0.25, -0.2) is 8.42 Å². The van der Waals surface area contributed by atoms with Crippen molar-refractivity contribution >= 4 is 42.8 Å². The molecular formula is C25H24BrN3O3S. The van der Waals surface area contributed by atoms with Gasteiger partial charge >= 0.3 is 0 Å². The minimum atomic E-state index is -3.90. The van der Waals surface area contributed by atoms with Gasteiger partial charge in [-0.05, 0) is 54.3 Å². The quantitative estimate of drug-likeness (QED) is 0.306. The molecule has 0 radical (unpaired) electrons. The van der Waals surface area contributed by atoms with Gasteiger partial charge in [-0.2, -0.15) is 4.72 Å². The third-order valence-electron chi connectivity index (χ3n) is 5.39. The molecule has 3 N–H and O–H groups in total. The molecule has 1 heterocycles. The van der Waals surface area contributed by atoms with E-state index in [-0.39, 0.29) is 17.2 Å². The van der Waals surface area contributed by atoms with Crippen molar-refractivity contribution < 1.29 is 13.2 Å². The van der Waals surface area contributed by atoms with Gasteiger partial charge < -0.3 is 10.3 Å². The number of amides is 1. The van der Waals surface area contributed by atoms with E-state index in [0.717, 1.165) is 26.5 Å². The van der Waals surface area contributed by atoms with Crippen LogP contribution in [-0.2, 0) is 27.7 Å². The van der Waals surface area contributed by atoms with E-state index in [1.54, 1.807) is 12.1 Å². The number of fused-ring (bicyclic) bond motifs is 1. The Morgan fingerprint density at radius 1 is 0.939 bits per heavy atom. The Morgan fingerprint density at radius 2 is 1.64 bits per heavy atom. The van der Waals surface area contributed by atoms with Crippen molar-refractivity contribution in [1.82, 2.24) is 15.0 Å². The van der Waals surface area contributed by atoms with Crippen molar-refractivity contribution in [1.29, 1.82) is 0 Å². The van der Waals surface area contributed by atoms with Crippen molar-refractivity contribution in [2.24, 2.45) is 0 Å². The maximum Gasteiger partial charge on any atom is 0.241 e. The van der Waals surface area contributed by atoms with E-state index in [1.807, 2.05) is 60.8 Å². The number of halogens is 1. The summed E-state index contributed by atoms with van der Waals surface area (Å²) in [5, 5.41) is 3.85. The number of H-pyrrole nitrogens is 1. The summed E-state index contributed by atoms with van der Waals surface area (Å²) in [4.78, 5) is 16.4. The van der Waals surface area contributed by atoms with Crippen LogP contribution < -0.4 is 10.0 Å². The number of benzene rings is 3. The maximum atomic E-state index is 13.1. The van der Waals surface area contributed by atoms with Crippen molar-refractivity contribution in [3.05, 3.63) is 101 Å².